The summed E-state index contributed by atoms with van der Waals surface area (Å²) in [5.74, 6) is 0. The lowest BCUT2D eigenvalue weighted by Crippen LogP contribution is -2.47. The fourth-order valence-corrected chi connectivity index (χ4v) is 4.22. The van der Waals surface area contributed by atoms with Crippen molar-refractivity contribution in [1.82, 2.24) is 14.5 Å². The number of aryl methyl sites for hydroxylation is 1. The highest BCUT2D eigenvalue weighted by Gasteiger charge is 2.19. The summed E-state index contributed by atoms with van der Waals surface area (Å²) >= 11 is 5.42. The summed E-state index contributed by atoms with van der Waals surface area (Å²) in [5.41, 5.74) is 4.84. The van der Waals surface area contributed by atoms with Crippen LogP contribution in [0.15, 0.2) is 47.3 Å². The van der Waals surface area contributed by atoms with E-state index >= 15 is 0 Å². The quantitative estimate of drug-likeness (QED) is 0.688. The van der Waals surface area contributed by atoms with E-state index in [1.807, 2.05) is 24.3 Å². The number of aromatic amines is 1. The van der Waals surface area contributed by atoms with Crippen molar-refractivity contribution in [3.8, 4) is 0 Å². The summed E-state index contributed by atoms with van der Waals surface area (Å²) in [4.78, 5) is 20.8. The molecular weight excluding hydrogens is 368 g/mol. The molecule has 1 aliphatic heterocycles. The number of fused-ring (bicyclic) bond motifs is 1. The zero-order chi connectivity index (χ0) is 19.7. The minimum atomic E-state index is -0.00614. The van der Waals surface area contributed by atoms with E-state index in [1.54, 1.807) is 4.57 Å². The summed E-state index contributed by atoms with van der Waals surface area (Å²) < 4.78 is 2.19. The van der Waals surface area contributed by atoms with Gasteiger partial charge in [-0.2, -0.15) is 0 Å². The molecule has 0 spiro atoms. The first-order valence-electron chi connectivity index (χ1n) is 9.80. The molecule has 1 fully saturated rings. The molecule has 6 heteroatoms. The van der Waals surface area contributed by atoms with Crippen LogP contribution in [0.3, 0.4) is 0 Å². The molecule has 0 radical (unpaired) electrons. The van der Waals surface area contributed by atoms with Crippen LogP contribution in [-0.4, -0.2) is 47.2 Å². The molecule has 28 heavy (non-hydrogen) atoms. The van der Waals surface area contributed by atoms with Crippen LogP contribution < -0.4 is 10.5 Å². The Bertz CT molecular complexity index is 1110. The summed E-state index contributed by atoms with van der Waals surface area (Å²) in [7, 11) is 0. The average Bonchev–Trinajstić information content (AvgIpc) is 2.70. The first-order valence-corrected chi connectivity index (χ1v) is 10.2. The third kappa shape index (κ3) is 3.62. The lowest BCUT2D eigenvalue weighted by atomic mass is 10.1. The second-order valence-electron chi connectivity index (χ2n) is 7.48. The number of H-pyrrole nitrogens is 1. The van der Waals surface area contributed by atoms with Crippen LogP contribution in [0.5, 0.6) is 0 Å². The molecule has 0 atom stereocenters. The highest BCUT2D eigenvalue weighted by molar-refractivity contribution is 7.71. The number of hydrogen-bond donors (Lipinski definition) is 1. The van der Waals surface area contributed by atoms with E-state index in [4.69, 9.17) is 12.2 Å². The Morgan fingerprint density at radius 2 is 1.71 bits per heavy atom. The second-order valence-corrected chi connectivity index (χ2v) is 7.87. The summed E-state index contributed by atoms with van der Waals surface area (Å²) in [6.07, 6.45) is 0. The van der Waals surface area contributed by atoms with Crippen LogP contribution in [0.1, 0.15) is 11.1 Å². The maximum Gasteiger partial charge on any atom is 0.262 e. The predicted molar refractivity (Wildman–Crippen MR) is 118 cm³/mol. The summed E-state index contributed by atoms with van der Waals surface area (Å²) in [6, 6.07) is 14.1. The van der Waals surface area contributed by atoms with Crippen molar-refractivity contribution >= 4 is 28.8 Å². The van der Waals surface area contributed by atoms with Gasteiger partial charge in [0.15, 0.2) is 4.77 Å². The highest BCUT2D eigenvalue weighted by atomic mass is 32.1. The first-order chi connectivity index (χ1) is 13.5. The molecule has 1 N–H and O–H groups in total. The number of nitrogens with one attached hydrogen (secondary N) is 1. The molecular formula is C22H26N4OS. The number of aromatic nitrogens is 2. The van der Waals surface area contributed by atoms with E-state index in [0.29, 0.717) is 16.7 Å². The monoisotopic (exact) mass is 394 g/mol. The number of rotatable bonds is 4. The van der Waals surface area contributed by atoms with Gasteiger partial charge in [0, 0.05) is 45.0 Å². The van der Waals surface area contributed by atoms with Crippen molar-refractivity contribution in [2.75, 3.05) is 37.6 Å². The van der Waals surface area contributed by atoms with Crippen LogP contribution in [0.2, 0.25) is 0 Å². The number of nitrogens with zero attached hydrogens (tertiary/aromatic N) is 3. The van der Waals surface area contributed by atoms with Gasteiger partial charge in [0.05, 0.1) is 10.9 Å². The van der Waals surface area contributed by atoms with Gasteiger partial charge in [-0.1, -0.05) is 24.3 Å². The van der Waals surface area contributed by atoms with Gasteiger partial charge < -0.3 is 9.88 Å². The molecule has 5 nitrogen and oxygen atoms in total. The van der Waals surface area contributed by atoms with Gasteiger partial charge in [0.2, 0.25) is 0 Å². The van der Waals surface area contributed by atoms with Gasteiger partial charge in [0.25, 0.3) is 5.56 Å². The van der Waals surface area contributed by atoms with Crippen molar-refractivity contribution in [2.24, 2.45) is 0 Å². The van der Waals surface area contributed by atoms with Gasteiger partial charge in [0.1, 0.15) is 0 Å². The lowest BCUT2D eigenvalue weighted by Gasteiger charge is -2.37. The van der Waals surface area contributed by atoms with E-state index in [9.17, 15) is 4.79 Å². The van der Waals surface area contributed by atoms with Crippen molar-refractivity contribution in [3.05, 3.63) is 68.7 Å². The minimum Gasteiger partial charge on any atom is -0.369 e. The standard InChI is InChI=1S/C22H26N4OS/c1-16-6-5-9-20(17(16)2)25-13-10-24(11-14-25)12-15-26-21(27)18-7-3-4-8-19(18)23-22(26)28/h3-9H,10-15H2,1-2H3,(H,23,28). The molecule has 0 amide bonds. The molecule has 1 aromatic heterocycles. The molecule has 0 bridgehead atoms. The molecule has 1 saturated heterocycles. The summed E-state index contributed by atoms with van der Waals surface area (Å²) in [6.45, 7) is 9.80. The largest absolute Gasteiger partial charge is 0.369 e. The number of benzene rings is 2. The van der Waals surface area contributed by atoms with Gasteiger partial charge in [-0.15, -0.1) is 0 Å². The smallest absolute Gasteiger partial charge is 0.262 e. The second kappa shape index (κ2) is 7.89. The zero-order valence-electron chi connectivity index (χ0n) is 16.4. The van der Waals surface area contributed by atoms with Crippen LogP contribution >= 0.6 is 12.2 Å². The third-order valence-electron chi connectivity index (χ3n) is 5.82. The Balaban J connectivity index is 1.42. The molecule has 2 aromatic carbocycles. The molecule has 1 aliphatic rings. The predicted octanol–water partition coefficient (Wildman–Crippen LogP) is 3.50. The SMILES string of the molecule is Cc1cccc(N2CCN(CCn3c(=S)[nH]c4ccccc4c3=O)CC2)c1C. The van der Waals surface area contributed by atoms with Crippen molar-refractivity contribution in [2.45, 2.75) is 20.4 Å². The fourth-order valence-electron chi connectivity index (χ4n) is 3.93. The van der Waals surface area contributed by atoms with E-state index in [2.05, 4.69) is 46.8 Å². The topological polar surface area (TPSA) is 44.3 Å². The highest BCUT2D eigenvalue weighted by Crippen LogP contribution is 2.23. The van der Waals surface area contributed by atoms with Crippen molar-refractivity contribution < 1.29 is 0 Å². The van der Waals surface area contributed by atoms with Crippen LogP contribution in [-0.2, 0) is 6.54 Å². The van der Waals surface area contributed by atoms with Crippen LogP contribution in [0.25, 0.3) is 10.9 Å². The molecule has 0 saturated carbocycles. The fraction of sp³-hybridized carbons (Fsp3) is 0.364. The zero-order valence-corrected chi connectivity index (χ0v) is 17.3. The maximum atomic E-state index is 12.8. The van der Waals surface area contributed by atoms with E-state index in [-0.39, 0.29) is 5.56 Å². The summed E-state index contributed by atoms with van der Waals surface area (Å²) in [5, 5.41) is 0.691. The van der Waals surface area contributed by atoms with Gasteiger partial charge in [-0.25, -0.2) is 0 Å². The molecule has 2 heterocycles. The molecule has 0 aliphatic carbocycles. The van der Waals surface area contributed by atoms with E-state index in [1.165, 1.54) is 16.8 Å². The Labute approximate surface area is 170 Å². The van der Waals surface area contributed by atoms with Crippen molar-refractivity contribution in [1.29, 1.82) is 0 Å². The van der Waals surface area contributed by atoms with Crippen LogP contribution in [0.4, 0.5) is 5.69 Å². The average molecular weight is 395 g/mol. The normalized spacial score (nSPS) is 15.3. The number of hydrogen-bond acceptors (Lipinski definition) is 4. The van der Waals surface area contributed by atoms with Gasteiger partial charge in [-0.05, 0) is 55.4 Å². The van der Waals surface area contributed by atoms with E-state index in [0.717, 1.165) is 38.2 Å². The first kappa shape index (κ1) is 18.9. The van der Waals surface area contributed by atoms with Gasteiger partial charge in [-0.3, -0.25) is 14.3 Å². The maximum absolute atomic E-state index is 12.8. The Morgan fingerprint density at radius 1 is 0.964 bits per heavy atom. The minimum absolute atomic E-state index is 0.00614. The Hall–Kier alpha value is -2.44. The number of para-hydroxylation sites is 1. The molecule has 0 unspecified atom stereocenters. The number of anilines is 1. The van der Waals surface area contributed by atoms with E-state index < -0.39 is 0 Å². The molecule has 4 rings (SSSR count). The lowest BCUT2D eigenvalue weighted by molar-refractivity contribution is 0.246. The Morgan fingerprint density at radius 3 is 2.50 bits per heavy atom. The van der Waals surface area contributed by atoms with Gasteiger partial charge >= 0.3 is 0 Å². The third-order valence-corrected chi connectivity index (χ3v) is 6.14. The van der Waals surface area contributed by atoms with Crippen molar-refractivity contribution in [3.63, 3.8) is 0 Å². The van der Waals surface area contributed by atoms with Crippen LogP contribution in [0, 0.1) is 18.6 Å². The molecule has 3 aromatic rings. The number of piperazine rings is 1. The molecule has 146 valence electrons. The Kier molecular flexibility index (Phi) is 5.33.